The minimum atomic E-state index is -0.744. The summed E-state index contributed by atoms with van der Waals surface area (Å²) >= 11 is 0. The third kappa shape index (κ3) is 11.8. The highest BCUT2D eigenvalue weighted by Gasteiger charge is 2.26. The SMILES string of the molecule is CC(=O)N(O)C(=N)c1ccc(Oc2ccc(C(=O)NC3CCN(C(=O)CCNC(=O)OC(C)(C)C)CC3)c(Oc3ccc(C(=N)N(O)C(C)=O)cc3)n2)cc1. The van der Waals surface area contributed by atoms with E-state index < -0.39 is 41.1 Å². The number of alkyl carbamates (subject to hydrolysis) is 1. The maximum atomic E-state index is 13.6. The van der Waals surface area contributed by atoms with Gasteiger partial charge >= 0.3 is 6.09 Å². The van der Waals surface area contributed by atoms with Crippen LogP contribution < -0.4 is 20.1 Å². The average Bonchev–Trinajstić information content (AvgIpc) is 3.13. The van der Waals surface area contributed by atoms with Crippen LogP contribution in [0.5, 0.6) is 23.3 Å². The lowest BCUT2D eigenvalue weighted by molar-refractivity contribution is -0.147. The minimum Gasteiger partial charge on any atom is -0.444 e. The Morgan fingerprint density at radius 1 is 0.818 bits per heavy atom. The normalized spacial score (nSPS) is 12.9. The first-order valence-corrected chi connectivity index (χ1v) is 17.2. The second kappa shape index (κ2) is 18.1. The smallest absolute Gasteiger partial charge is 0.407 e. The van der Waals surface area contributed by atoms with Gasteiger partial charge in [0, 0.05) is 63.1 Å². The van der Waals surface area contributed by atoms with Crippen LogP contribution >= 0.6 is 0 Å². The molecule has 55 heavy (non-hydrogen) atoms. The first-order chi connectivity index (χ1) is 25.9. The van der Waals surface area contributed by atoms with E-state index in [9.17, 15) is 34.4 Å². The van der Waals surface area contributed by atoms with E-state index in [-0.39, 0.29) is 75.0 Å². The van der Waals surface area contributed by atoms with Gasteiger partial charge in [-0.25, -0.2) is 4.79 Å². The standard InChI is InChI=1S/C37H44N8O10/c1-22(46)44(51)32(38)24-6-10-27(11-7-24)53-30-15-14-29(35(42-30)54-28-12-8-25(9-13-28)33(39)45(52)23(2)47)34(49)41-26-17-20-43(21-18-26)31(48)16-19-40-36(50)55-37(3,4)5/h6-15,26,38-39,51-52H,16-21H2,1-5H3,(H,40,50)(H,41,49). The van der Waals surface area contributed by atoms with Crippen LogP contribution in [0.2, 0.25) is 0 Å². The molecule has 2 heterocycles. The molecule has 0 bridgehead atoms. The minimum absolute atomic E-state index is 0.0330. The Morgan fingerprint density at radius 2 is 1.33 bits per heavy atom. The fraction of sp³-hybridized carbons (Fsp3) is 0.351. The second-order valence-corrected chi connectivity index (χ2v) is 13.4. The summed E-state index contributed by atoms with van der Waals surface area (Å²) in [5.74, 6) is -2.60. The number of nitrogens with zero attached hydrogens (tertiary/aromatic N) is 4. The highest BCUT2D eigenvalue weighted by Crippen LogP contribution is 2.29. The Labute approximate surface area is 316 Å². The van der Waals surface area contributed by atoms with E-state index in [1.54, 1.807) is 25.7 Å². The lowest BCUT2D eigenvalue weighted by Gasteiger charge is -2.32. The van der Waals surface area contributed by atoms with E-state index in [2.05, 4.69) is 15.6 Å². The van der Waals surface area contributed by atoms with Crippen molar-refractivity contribution in [2.75, 3.05) is 19.6 Å². The Hall–Kier alpha value is -6.40. The van der Waals surface area contributed by atoms with Crippen molar-refractivity contribution in [1.82, 2.24) is 30.6 Å². The van der Waals surface area contributed by atoms with Gasteiger partial charge in [0.15, 0.2) is 11.7 Å². The lowest BCUT2D eigenvalue weighted by atomic mass is 10.0. The Balaban J connectivity index is 1.46. The number of hydrogen-bond donors (Lipinski definition) is 6. The van der Waals surface area contributed by atoms with E-state index in [4.69, 9.17) is 25.0 Å². The van der Waals surface area contributed by atoms with Crippen molar-refractivity contribution in [3.05, 3.63) is 77.4 Å². The second-order valence-electron chi connectivity index (χ2n) is 13.4. The molecule has 0 radical (unpaired) electrons. The van der Waals surface area contributed by atoms with Crippen molar-refractivity contribution >= 4 is 41.4 Å². The molecule has 0 atom stereocenters. The van der Waals surface area contributed by atoms with E-state index in [1.165, 1.54) is 60.7 Å². The van der Waals surface area contributed by atoms with Crippen molar-refractivity contribution < 1.29 is 48.6 Å². The fourth-order valence-electron chi connectivity index (χ4n) is 5.16. The van der Waals surface area contributed by atoms with Crippen LogP contribution in [0, 0.1) is 10.8 Å². The quantitative estimate of drug-likeness (QED) is 0.0691. The zero-order valence-electron chi connectivity index (χ0n) is 31.0. The molecule has 1 aliphatic rings. The van der Waals surface area contributed by atoms with Gasteiger partial charge in [-0.2, -0.15) is 15.1 Å². The monoisotopic (exact) mass is 760 g/mol. The van der Waals surface area contributed by atoms with Gasteiger partial charge in [0.1, 0.15) is 22.7 Å². The van der Waals surface area contributed by atoms with Gasteiger partial charge in [-0.3, -0.25) is 40.4 Å². The van der Waals surface area contributed by atoms with Crippen molar-refractivity contribution in [1.29, 1.82) is 10.8 Å². The highest BCUT2D eigenvalue weighted by molar-refractivity contribution is 6.05. The molecule has 1 saturated heterocycles. The molecule has 1 aromatic heterocycles. The summed E-state index contributed by atoms with van der Waals surface area (Å²) in [6.45, 7) is 8.37. The molecule has 3 aromatic rings. The molecule has 6 N–H and O–H groups in total. The number of likely N-dealkylation sites (tertiary alicyclic amines) is 1. The summed E-state index contributed by atoms with van der Waals surface area (Å²) in [4.78, 5) is 67.3. The zero-order valence-corrected chi connectivity index (χ0v) is 31.0. The fourth-order valence-corrected chi connectivity index (χ4v) is 5.16. The van der Waals surface area contributed by atoms with E-state index in [1.807, 2.05) is 0 Å². The number of piperidine rings is 1. The number of amides is 5. The molecule has 0 aliphatic carbocycles. The molecule has 18 heteroatoms. The summed E-state index contributed by atoms with van der Waals surface area (Å²) in [5.41, 5.74) is -0.141. The third-order valence-electron chi connectivity index (χ3n) is 7.98. The number of aromatic nitrogens is 1. The topological polar surface area (TPSA) is 248 Å². The Morgan fingerprint density at radius 3 is 1.82 bits per heavy atom. The summed E-state index contributed by atoms with van der Waals surface area (Å²) in [6, 6.07) is 14.3. The van der Waals surface area contributed by atoms with Crippen LogP contribution in [0.4, 0.5) is 4.79 Å². The van der Waals surface area contributed by atoms with E-state index in [0.717, 1.165) is 13.8 Å². The van der Waals surface area contributed by atoms with Gasteiger partial charge in [0.25, 0.3) is 5.91 Å². The number of pyridine rings is 1. The first kappa shape index (κ1) is 41.4. The Bertz CT molecular complexity index is 1920. The first-order valence-electron chi connectivity index (χ1n) is 17.2. The highest BCUT2D eigenvalue weighted by atomic mass is 16.6. The summed E-state index contributed by atoms with van der Waals surface area (Å²) < 4.78 is 17.1. The number of nitrogens with one attached hydrogen (secondary N) is 4. The van der Waals surface area contributed by atoms with Crippen molar-refractivity contribution in [3.63, 3.8) is 0 Å². The molecular formula is C37H44N8O10. The Kier molecular flexibility index (Phi) is 13.6. The van der Waals surface area contributed by atoms with Gasteiger partial charge < -0.3 is 29.7 Å². The largest absolute Gasteiger partial charge is 0.444 e. The number of hydroxylamine groups is 4. The van der Waals surface area contributed by atoms with Gasteiger partial charge in [0.05, 0.1) is 0 Å². The number of ether oxygens (including phenoxy) is 3. The van der Waals surface area contributed by atoms with Crippen LogP contribution in [0.25, 0.3) is 0 Å². The van der Waals surface area contributed by atoms with Crippen molar-refractivity contribution in [2.24, 2.45) is 0 Å². The van der Waals surface area contributed by atoms with Crippen LogP contribution in [0.15, 0.2) is 60.7 Å². The van der Waals surface area contributed by atoms with Crippen molar-refractivity contribution in [2.45, 2.75) is 65.5 Å². The van der Waals surface area contributed by atoms with Crippen LogP contribution in [-0.2, 0) is 19.1 Å². The number of rotatable bonds is 11. The molecule has 0 saturated carbocycles. The van der Waals surface area contributed by atoms with Crippen molar-refractivity contribution in [3.8, 4) is 23.3 Å². The summed E-state index contributed by atoms with van der Waals surface area (Å²) in [7, 11) is 0. The summed E-state index contributed by atoms with van der Waals surface area (Å²) in [5, 5.41) is 41.6. The zero-order chi connectivity index (χ0) is 40.4. The van der Waals surface area contributed by atoms with Gasteiger partial charge in [-0.05, 0) is 88.2 Å². The van der Waals surface area contributed by atoms with Crippen LogP contribution in [0.1, 0.15) is 75.4 Å². The van der Waals surface area contributed by atoms with E-state index >= 15 is 0 Å². The molecule has 2 aromatic carbocycles. The number of carbonyl (C=O) groups excluding carboxylic acids is 5. The van der Waals surface area contributed by atoms with Crippen LogP contribution in [-0.4, -0.2) is 103 Å². The summed E-state index contributed by atoms with van der Waals surface area (Å²) in [6.07, 6.45) is 0.456. The molecule has 5 amide bonds. The molecule has 1 aliphatic heterocycles. The number of amidine groups is 2. The molecular weight excluding hydrogens is 716 g/mol. The van der Waals surface area contributed by atoms with Gasteiger partial charge in [-0.1, -0.05) is 0 Å². The number of carbonyl (C=O) groups is 5. The average molecular weight is 761 g/mol. The number of benzene rings is 2. The van der Waals surface area contributed by atoms with Crippen LogP contribution in [0.3, 0.4) is 0 Å². The maximum absolute atomic E-state index is 13.6. The molecule has 292 valence electrons. The maximum Gasteiger partial charge on any atom is 0.407 e. The molecule has 1 fully saturated rings. The number of hydrogen-bond acceptors (Lipinski definition) is 13. The van der Waals surface area contributed by atoms with Gasteiger partial charge in [0.2, 0.25) is 29.5 Å². The van der Waals surface area contributed by atoms with Gasteiger partial charge in [-0.15, -0.1) is 0 Å². The molecule has 0 spiro atoms. The predicted octanol–water partition coefficient (Wildman–Crippen LogP) is 4.43. The molecule has 0 unspecified atom stereocenters. The third-order valence-corrected chi connectivity index (χ3v) is 7.98. The predicted molar refractivity (Wildman–Crippen MR) is 195 cm³/mol. The molecule has 4 rings (SSSR count). The van der Waals surface area contributed by atoms with E-state index in [0.29, 0.717) is 25.9 Å². The lowest BCUT2D eigenvalue weighted by Crippen LogP contribution is -2.47. The molecule has 18 nitrogen and oxygen atoms in total.